The van der Waals surface area contributed by atoms with Gasteiger partial charge in [0, 0.05) is 19.1 Å². The molecule has 0 aliphatic heterocycles. The van der Waals surface area contributed by atoms with Crippen LogP contribution in [0, 0.1) is 11.6 Å². The molecule has 0 bridgehead atoms. The molecule has 6 heteroatoms. The lowest BCUT2D eigenvalue weighted by Crippen LogP contribution is -1.99. The number of nitrogens with two attached hydrogens (primary N) is 1. The number of nitrogens with zero attached hydrogens (tertiary/aromatic N) is 1. The van der Waals surface area contributed by atoms with E-state index in [0.29, 0.717) is 36.5 Å². The lowest BCUT2D eigenvalue weighted by Gasteiger charge is -2.04. The second-order valence-corrected chi connectivity index (χ2v) is 3.97. The molecule has 0 amide bonds. The molecule has 19 heavy (non-hydrogen) atoms. The maximum absolute atomic E-state index is 13.2. The van der Waals surface area contributed by atoms with Crippen LogP contribution < -0.4 is 5.73 Å². The standard InChI is InChI=1S/C13H14F2N2O2/c1-2-18-4-3-11-12(13(16)17-19-11)8-5-9(14)7-10(15)6-8/h5-7H,2-4H2,1H3,(H2,16,17). The van der Waals surface area contributed by atoms with Crippen molar-refractivity contribution in [3.63, 3.8) is 0 Å². The van der Waals surface area contributed by atoms with Gasteiger partial charge in [0.1, 0.15) is 17.4 Å². The quantitative estimate of drug-likeness (QED) is 0.847. The average Bonchev–Trinajstić information content (AvgIpc) is 2.70. The van der Waals surface area contributed by atoms with Crippen molar-refractivity contribution >= 4 is 5.82 Å². The van der Waals surface area contributed by atoms with E-state index < -0.39 is 11.6 Å². The molecule has 0 radical (unpaired) electrons. The van der Waals surface area contributed by atoms with Gasteiger partial charge >= 0.3 is 0 Å². The van der Waals surface area contributed by atoms with Crippen molar-refractivity contribution in [2.75, 3.05) is 18.9 Å². The van der Waals surface area contributed by atoms with E-state index in [1.165, 1.54) is 12.1 Å². The molecule has 0 fully saturated rings. The normalized spacial score (nSPS) is 10.9. The third-order valence-electron chi connectivity index (χ3n) is 2.62. The Balaban J connectivity index is 2.34. The molecule has 2 aromatic rings. The monoisotopic (exact) mass is 268 g/mol. The van der Waals surface area contributed by atoms with E-state index in [2.05, 4.69) is 5.16 Å². The second-order valence-electron chi connectivity index (χ2n) is 3.97. The van der Waals surface area contributed by atoms with E-state index >= 15 is 0 Å². The first-order valence-electron chi connectivity index (χ1n) is 5.90. The number of ether oxygens (including phenoxy) is 1. The van der Waals surface area contributed by atoms with E-state index in [9.17, 15) is 8.78 Å². The largest absolute Gasteiger partial charge is 0.381 e. The highest BCUT2D eigenvalue weighted by Crippen LogP contribution is 2.31. The molecule has 1 aromatic carbocycles. The Labute approximate surface area is 109 Å². The Morgan fingerprint density at radius 2 is 1.95 bits per heavy atom. The predicted octanol–water partition coefficient (Wildman–Crippen LogP) is 2.78. The molecule has 0 saturated carbocycles. The highest BCUT2D eigenvalue weighted by atomic mass is 19.1. The van der Waals surface area contributed by atoms with Crippen LogP contribution in [-0.4, -0.2) is 18.4 Å². The molecule has 4 nitrogen and oxygen atoms in total. The molecule has 1 heterocycles. The van der Waals surface area contributed by atoms with Gasteiger partial charge in [-0.2, -0.15) is 0 Å². The van der Waals surface area contributed by atoms with E-state index in [1.54, 1.807) is 0 Å². The molecular formula is C13H14F2N2O2. The van der Waals surface area contributed by atoms with Gasteiger partial charge in [-0.1, -0.05) is 5.16 Å². The number of hydrogen-bond acceptors (Lipinski definition) is 4. The summed E-state index contributed by atoms with van der Waals surface area (Å²) in [5.41, 5.74) is 6.41. The van der Waals surface area contributed by atoms with Crippen LogP contribution in [0.4, 0.5) is 14.6 Å². The zero-order chi connectivity index (χ0) is 13.8. The van der Waals surface area contributed by atoms with E-state index in [0.717, 1.165) is 6.07 Å². The number of nitrogen functional groups attached to an aromatic ring is 1. The topological polar surface area (TPSA) is 61.3 Å². The van der Waals surface area contributed by atoms with Gasteiger partial charge in [-0.25, -0.2) is 8.78 Å². The molecule has 2 N–H and O–H groups in total. The number of aromatic nitrogens is 1. The van der Waals surface area contributed by atoms with Crippen molar-refractivity contribution in [3.05, 3.63) is 35.6 Å². The minimum atomic E-state index is -0.675. The van der Waals surface area contributed by atoms with E-state index in [1.807, 2.05) is 6.92 Å². The Morgan fingerprint density at radius 3 is 2.58 bits per heavy atom. The van der Waals surface area contributed by atoms with Crippen LogP contribution in [-0.2, 0) is 11.2 Å². The number of anilines is 1. The predicted molar refractivity (Wildman–Crippen MR) is 66.5 cm³/mol. The summed E-state index contributed by atoms with van der Waals surface area (Å²) in [7, 11) is 0. The Hall–Kier alpha value is -1.95. The zero-order valence-electron chi connectivity index (χ0n) is 10.5. The third kappa shape index (κ3) is 3.08. The lowest BCUT2D eigenvalue weighted by molar-refractivity contribution is 0.145. The fraction of sp³-hybridized carbons (Fsp3) is 0.308. The van der Waals surface area contributed by atoms with Gasteiger partial charge in [0.2, 0.25) is 0 Å². The fourth-order valence-corrected chi connectivity index (χ4v) is 1.83. The number of halogens is 2. The number of rotatable bonds is 5. The highest BCUT2D eigenvalue weighted by Gasteiger charge is 2.17. The summed E-state index contributed by atoms with van der Waals surface area (Å²) in [6, 6.07) is 3.18. The molecule has 0 aliphatic carbocycles. The second kappa shape index (κ2) is 5.79. The summed E-state index contributed by atoms with van der Waals surface area (Å²) in [6.07, 6.45) is 0.436. The SMILES string of the molecule is CCOCCc1onc(N)c1-c1cc(F)cc(F)c1. The van der Waals surface area contributed by atoms with Crippen molar-refractivity contribution < 1.29 is 18.0 Å². The Kier molecular flexibility index (Phi) is 4.11. The summed E-state index contributed by atoms with van der Waals surface area (Å²) < 4.78 is 36.8. The van der Waals surface area contributed by atoms with Crippen molar-refractivity contribution in [1.82, 2.24) is 5.16 Å². The first-order chi connectivity index (χ1) is 9.11. The minimum absolute atomic E-state index is 0.108. The molecule has 1 aromatic heterocycles. The van der Waals surface area contributed by atoms with E-state index in [4.69, 9.17) is 15.0 Å². The summed E-state index contributed by atoms with van der Waals surface area (Å²) in [5.74, 6) is -0.787. The van der Waals surface area contributed by atoms with Crippen molar-refractivity contribution in [2.24, 2.45) is 0 Å². The third-order valence-corrected chi connectivity index (χ3v) is 2.62. The molecule has 102 valence electrons. The smallest absolute Gasteiger partial charge is 0.175 e. The number of hydrogen-bond donors (Lipinski definition) is 1. The van der Waals surface area contributed by atoms with Gasteiger partial charge in [-0.3, -0.25) is 0 Å². The molecule has 0 spiro atoms. The van der Waals surface area contributed by atoms with Crippen LogP contribution in [0.25, 0.3) is 11.1 Å². The molecular weight excluding hydrogens is 254 g/mol. The van der Waals surface area contributed by atoms with Crippen LogP contribution in [0.2, 0.25) is 0 Å². The molecule has 0 aliphatic rings. The molecule has 0 saturated heterocycles. The maximum atomic E-state index is 13.2. The van der Waals surface area contributed by atoms with Crippen LogP contribution in [0.3, 0.4) is 0 Å². The molecule has 2 rings (SSSR count). The Bertz CT molecular complexity index is 550. The summed E-state index contributed by atoms with van der Waals surface area (Å²) in [6.45, 7) is 2.88. The van der Waals surface area contributed by atoms with Crippen LogP contribution in [0.5, 0.6) is 0 Å². The summed E-state index contributed by atoms with van der Waals surface area (Å²) >= 11 is 0. The van der Waals surface area contributed by atoms with Crippen LogP contribution >= 0.6 is 0 Å². The highest BCUT2D eigenvalue weighted by molar-refractivity contribution is 5.75. The maximum Gasteiger partial charge on any atom is 0.175 e. The fourth-order valence-electron chi connectivity index (χ4n) is 1.83. The van der Waals surface area contributed by atoms with Gasteiger partial charge in [0.25, 0.3) is 0 Å². The Morgan fingerprint density at radius 1 is 1.26 bits per heavy atom. The zero-order valence-corrected chi connectivity index (χ0v) is 10.5. The average molecular weight is 268 g/mol. The van der Waals surface area contributed by atoms with Gasteiger partial charge < -0.3 is 15.0 Å². The summed E-state index contributed by atoms with van der Waals surface area (Å²) in [5, 5.41) is 3.63. The van der Waals surface area contributed by atoms with Gasteiger partial charge in [-0.05, 0) is 24.6 Å². The number of benzene rings is 1. The van der Waals surface area contributed by atoms with E-state index in [-0.39, 0.29) is 5.82 Å². The first-order valence-corrected chi connectivity index (χ1v) is 5.90. The van der Waals surface area contributed by atoms with Crippen molar-refractivity contribution in [1.29, 1.82) is 0 Å². The molecule has 0 atom stereocenters. The first kappa shape index (κ1) is 13.5. The van der Waals surface area contributed by atoms with Gasteiger partial charge in [0.05, 0.1) is 12.2 Å². The summed E-state index contributed by atoms with van der Waals surface area (Å²) in [4.78, 5) is 0. The van der Waals surface area contributed by atoms with Crippen molar-refractivity contribution in [3.8, 4) is 11.1 Å². The van der Waals surface area contributed by atoms with Crippen LogP contribution in [0.15, 0.2) is 22.7 Å². The minimum Gasteiger partial charge on any atom is -0.381 e. The molecule has 0 unspecified atom stereocenters. The van der Waals surface area contributed by atoms with Gasteiger partial charge in [0.15, 0.2) is 5.82 Å². The lowest BCUT2D eigenvalue weighted by atomic mass is 10.0. The van der Waals surface area contributed by atoms with Crippen LogP contribution in [0.1, 0.15) is 12.7 Å². The van der Waals surface area contributed by atoms with Crippen molar-refractivity contribution in [2.45, 2.75) is 13.3 Å². The van der Waals surface area contributed by atoms with Gasteiger partial charge in [-0.15, -0.1) is 0 Å².